The summed E-state index contributed by atoms with van der Waals surface area (Å²) in [6.45, 7) is 0. The van der Waals surface area contributed by atoms with Gasteiger partial charge in [-0.15, -0.1) is 0 Å². The first-order valence-corrected chi connectivity index (χ1v) is 5.72. The Kier molecular flexibility index (Phi) is 4.05. The summed E-state index contributed by atoms with van der Waals surface area (Å²) in [5.74, 6) is -1.86. The van der Waals surface area contributed by atoms with Crippen molar-refractivity contribution in [3.8, 4) is 0 Å². The average Bonchev–Trinajstić information content (AvgIpc) is 2.47. The Labute approximate surface area is 114 Å². The zero-order valence-electron chi connectivity index (χ0n) is 10.6. The molecule has 0 aliphatic heterocycles. The van der Waals surface area contributed by atoms with Crippen LogP contribution < -0.4 is 5.32 Å². The molecule has 20 heavy (non-hydrogen) atoms. The molecule has 0 atom stereocenters. The smallest absolute Gasteiger partial charge is 0.339 e. The average molecular weight is 274 g/mol. The van der Waals surface area contributed by atoms with Gasteiger partial charge in [0, 0.05) is 17.8 Å². The molecule has 1 amide bonds. The van der Waals surface area contributed by atoms with Crippen molar-refractivity contribution in [2.45, 2.75) is 0 Å². The van der Waals surface area contributed by atoms with Crippen molar-refractivity contribution in [1.82, 2.24) is 4.98 Å². The third-order valence-electron chi connectivity index (χ3n) is 2.57. The molecule has 2 rings (SSSR count). The third-order valence-corrected chi connectivity index (χ3v) is 2.57. The Balaban J connectivity index is 2.26. The number of anilines is 1. The van der Waals surface area contributed by atoms with Gasteiger partial charge in [0.2, 0.25) is 5.95 Å². The van der Waals surface area contributed by atoms with Crippen molar-refractivity contribution in [1.29, 1.82) is 0 Å². The lowest BCUT2D eigenvalue weighted by molar-refractivity contribution is 0.0602. The molecule has 0 radical (unpaired) electrons. The van der Waals surface area contributed by atoms with Crippen molar-refractivity contribution in [2.24, 2.45) is 0 Å². The number of nitrogens with one attached hydrogen (secondary N) is 1. The highest BCUT2D eigenvalue weighted by atomic mass is 19.1. The summed E-state index contributed by atoms with van der Waals surface area (Å²) in [7, 11) is 1.25. The van der Waals surface area contributed by atoms with E-state index in [4.69, 9.17) is 0 Å². The number of hydrogen-bond acceptors (Lipinski definition) is 4. The fourth-order valence-electron chi connectivity index (χ4n) is 1.62. The lowest BCUT2D eigenvalue weighted by atomic mass is 10.1. The number of pyridine rings is 1. The molecule has 1 aromatic carbocycles. The number of amides is 1. The van der Waals surface area contributed by atoms with Gasteiger partial charge in [0.05, 0.1) is 18.4 Å². The van der Waals surface area contributed by atoms with E-state index < -0.39 is 17.8 Å². The molecule has 1 heterocycles. The monoisotopic (exact) mass is 274 g/mol. The van der Waals surface area contributed by atoms with Gasteiger partial charge in [-0.3, -0.25) is 4.79 Å². The summed E-state index contributed by atoms with van der Waals surface area (Å²) in [6, 6.07) is 8.77. The number of para-hydroxylation sites is 1. The van der Waals surface area contributed by atoms with Crippen molar-refractivity contribution in [2.75, 3.05) is 12.4 Å². The SMILES string of the molecule is COC(=O)c1ccccc1NC(=O)c1ccnc(F)c1. The number of halogens is 1. The number of carbonyl (C=O) groups is 2. The van der Waals surface area contributed by atoms with Gasteiger partial charge in [-0.2, -0.15) is 4.39 Å². The van der Waals surface area contributed by atoms with Gasteiger partial charge in [0.1, 0.15) is 0 Å². The molecule has 0 bridgehead atoms. The van der Waals surface area contributed by atoms with Gasteiger partial charge in [-0.1, -0.05) is 12.1 Å². The fourth-order valence-corrected chi connectivity index (χ4v) is 1.62. The molecule has 6 heteroatoms. The van der Waals surface area contributed by atoms with E-state index in [1.807, 2.05) is 0 Å². The molecular formula is C14H11FN2O3. The van der Waals surface area contributed by atoms with E-state index in [0.29, 0.717) is 5.69 Å². The van der Waals surface area contributed by atoms with Crippen LogP contribution in [0.5, 0.6) is 0 Å². The number of carbonyl (C=O) groups excluding carboxylic acids is 2. The van der Waals surface area contributed by atoms with Crippen LogP contribution >= 0.6 is 0 Å². The second-order valence-corrected chi connectivity index (χ2v) is 3.86. The minimum atomic E-state index is -0.751. The van der Waals surface area contributed by atoms with E-state index in [1.54, 1.807) is 18.2 Å². The van der Waals surface area contributed by atoms with Crippen LogP contribution in [0.1, 0.15) is 20.7 Å². The maximum atomic E-state index is 13.0. The van der Waals surface area contributed by atoms with E-state index in [1.165, 1.54) is 25.4 Å². The van der Waals surface area contributed by atoms with Crippen molar-refractivity contribution in [3.05, 3.63) is 59.7 Å². The van der Waals surface area contributed by atoms with Crippen LogP contribution in [-0.2, 0) is 4.74 Å². The minimum absolute atomic E-state index is 0.108. The molecule has 0 aliphatic rings. The summed E-state index contributed by atoms with van der Waals surface area (Å²) in [4.78, 5) is 26.9. The standard InChI is InChI=1S/C14H11FN2O3/c1-20-14(19)10-4-2-3-5-11(10)17-13(18)9-6-7-16-12(15)8-9/h2-8H,1H3,(H,17,18). The number of aromatic nitrogens is 1. The van der Waals surface area contributed by atoms with Gasteiger partial charge >= 0.3 is 5.97 Å². The van der Waals surface area contributed by atoms with Crippen molar-refractivity contribution >= 4 is 17.6 Å². The molecule has 0 aliphatic carbocycles. The van der Waals surface area contributed by atoms with Gasteiger partial charge < -0.3 is 10.1 Å². The predicted octanol–water partition coefficient (Wildman–Crippen LogP) is 2.26. The number of hydrogen-bond donors (Lipinski definition) is 1. The second kappa shape index (κ2) is 5.92. The maximum absolute atomic E-state index is 13.0. The molecule has 1 aromatic heterocycles. The Hall–Kier alpha value is -2.76. The number of nitrogens with zero attached hydrogens (tertiary/aromatic N) is 1. The van der Waals surface area contributed by atoms with Crippen LogP contribution in [0.25, 0.3) is 0 Å². The highest BCUT2D eigenvalue weighted by Gasteiger charge is 2.14. The predicted molar refractivity (Wildman–Crippen MR) is 69.9 cm³/mol. The Morgan fingerprint density at radius 2 is 2.00 bits per heavy atom. The zero-order valence-corrected chi connectivity index (χ0v) is 10.6. The van der Waals surface area contributed by atoms with E-state index in [0.717, 1.165) is 6.07 Å². The highest BCUT2D eigenvalue weighted by Crippen LogP contribution is 2.17. The van der Waals surface area contributed by atoms with Crippen molar-refractivity contribution in [3.63, 3.8) is 0 Å². The van der Waals surface area contributed by atoms with E-state index in [2.05, 4.69) is 15.0 Å². The molecular weight excluding hydrogens is 263 g/mol. The van der Waals surface area contributed by atoms with Crippen LogP contribution in [0.2, 0.25) is 0 Å². The lowest BCUT2D eigenvalue weighted by Gasteiger charge is -2.09. The Morgan fingerprint density at radius 3 is 2.70 bits per heavy atom. The highest BCUT2D eigenvalue weighted by molar-refractivity contribution is 6.07. The van der Waals surface area contributed by atoms with Crippen LogP contribution in [0.4, 0.5) is 10.1 Å². The van der Waals surface area contributed by atoms with Gasteiger partial charge in [0.15, 0.2) is 0 Å². The van der Waals surface area contributed by atoms with Gasteiger partial charge in [0.25, 0.3) is 5.91 Å². The lowest BCUT2D eigenvalue weighted by Crippen LogP contribution is -2.15. The Bertz CT molecular complexity index is 658. The topological polar surface area (TPSA) is 68.3 Å². The van der Waals surface area contributed by atoms with Crippen LogP contribution in [0.15, 0.2) is 42.6 Å². The number of rotatable bonds is 3. The van der Waals surface area contributed by atoms with E-state index in [9.17, 15) is 14.0 Å². The van der Waals surface area contributed by atoms with Crippen molar-refractivity contribution < 1.29 is 18.7 Å². The number of esters is 1. The molecule has 0 unspecified atom stereocenters. The number of benzene rings is 1. The molecule has 0 saturated carbocycles. The summed E-state index contributed by atoms with van der Waals surface area (Å²) in [5, 5.41) is 2.54. The maximum Gasteiger partial charge on any atom is 0.339 e. The molecule has 0 fully saturated rings. The Morgan fingerprint density at radius 1 is 1.25 bits per heavy atom. The normalized spacial score (nSPS) is 9.90. The summed E-state index contributed by atoms with van der Waals surface area (Å²) in [5.41, 5.74) is 0.622. The molecule has 0 spiro atoms. The molecule has 0 saturated heterocycles. The van der Waals surface area contributed by atoms with Crippen LogP contribution in [-0.4, -0.2) is 24.0 Å². The summed E-state index contributed by atoms with van der Waals surface area (Å²) >= 11 is 0. The minimum Gasteiger partial charge on any atom is -0.465 e. The first-order chi connectivity index (χ1) is 9.61. The molecule has 102 valence electrons. The van der Waals surface area contributed by atoms with E-state index >= 15 is 0 Å². The van der Waals surface area contributed by atoms with Crippen LogP contribution in [0.3, 0.4) is 0 Å². The van der Waals surface area contributed by atoms with Gasteiger partial charge in [-0.25, -0.2) is 9.78 Å². The van der Waals surface area contributed by atoms with Gasteiger partial charge in [-0.05, 0) is 18.2 Å². The first kappa shape index (κ1) is 13.7. The fraction of sp³-hybridized carbons (Fsp3) is 0.0714. The third kappa shape index (κ3) is 2.97. The number of methoxy groups -OCH3 is 1. The molecule has 5 nitrogen and oxygen atoms in total. The quantitative estimate of drug-likeness (QED) is 0.688. The van der Waals surface area contributed by atoms with Crippen LogP contribution in [0, 0.1) is 5.95 Å². The second-order valence-electron chi connectivity index (χ2n) is 3.86. The largest absolute Gasteiger partial charge is 0.465 e. The molecule has 2 aromatic rings. The van der Waals surface area contributed by atoms with E-state index in [-0.39, 0.29) is 11.1 Å². The zero-order chi connectivity index (χ0) is 14.5. The molecule has 1 N–H and O–H groups in total. The summed E-state index contributed by atoms with van der Waals surface area (Å²) in [6.07, 6.45) is 1.19. The first-order valence-electron chi connectivity index (χ1n) is 5.72. The number of ether oxygens (including phenoxy) is 1. The summed E-state index contributed by atoms with van der Waals surface area (Å²) < 4.78 is 17.6.